The fourth-order valence-corrected chi connectivity index (χ4v) is 3.32. The summed E-state index contributed by atoms with van der Waals surface area (Å²) in [6.07, 6.45) is 1.17. The lowest BCUT2D eigenvalue weighted by Crippen LogP contribution is -2.21. The van der Waals surface area contributed by atoms with E-state index in [9.17, 15) is 4.79 Å². The van der Waals surface area contributed by atoms with Gasteiger partial charge in [-0.05, 0) is 22.9 Å². The average Bonchev–Trinajstić information content (AvgIpc) is 3.21. The van der Waals surface area contributed by atoms with Crippen LogP contribution in [-0.4, -0.2) is 16.1 Å². The first-order chi connectivity index (χ1) is 10.2. The van der Waals surface area contributed by atoms with E-state index >= 15 is 0 Å². The molecule has 0 aliphatic carbocycles. The number of anilines is 1. The fraction of sp³-hybridized carbons (Fsp3) is 0.143. The molecule has 7 heteroatoms. The average molecular weight is 320 g/mol. The highest BCUT2D eigenvalue weighted by Crippen LogP contribution is 2.23. The third kappa shape index (κ3) is 3.32. The molecule has 0 radical (unpaired) electrons. The van der Waals surface area contributed by atoms with Gasteiger partial charge in [-0.1, -0.05) is 12.1 Å². The molecule has 0 atom stereocenters. The topological polar surface area (TPSA) is 66.6 Å². The standard InChI is InChI=1S/C14H12N2O3S2/c17-13(18)12-9-19-14(15-12)16(7-10-3-1-5-20-10)8-11-4-2-6-21-11/h1-6,9H,7-8H2,(H,17,18). The minimum atomic E-state index is -1.09. The SMILES string of the molecule is O=C(O)c1coc(N(Cc2cccs2)Cc2cccs2)n1. The van der Waals surface area contributed by atoms with Gasteiger partial charge >= 0.3 is 5.97 Å². The molecule has 3 heterocycles. The van der Waals surface area contributed by atoms with Gasteiger partial charge in [0, 0.05) is 9.75 Å². The van der Waals surface area contributed by atoms with Crippen molar-refractivity contribution in [2.45, 2.75) is 13.1 Å². The molecule has 0 aliphatic rings. The van der Waals surface area contributed by atoms with Gasteiger partial charge in [-0.25, -0.2) is 4.79 Å². The summed E-state index contributed by atoms with van der Waals surface area (Å²) < 4.78 is 5.33. The van der Waals surface area contributed by atoms with E-state index < -0.39 is 5.97 Å². The molecule has 21 heavy (non-hydrogen) atoms. The van der Waals surface area contributed by atoms with E-state index in [2.05, 4.69) is 4.98 Å². The van der Waals surface area contributed by atoms with E-state index in [1.165, 1.54) is 16.0 Å². The lowest BCUT2D eigenvalue weighted by molar-refractivity contribution is 0.0690. The number of hydrogen-bond acceptors (Lipinski definition) is 6. The third-order valence-electron chi connectivity index (χ3n) is 2.84. The number of carboxylic acid groups (broad SMARTS) is 1. The minimum Gasteiger partial charge on any atom is -0.476 e. The summed E-state index contributed by atoms with van der Waals surface area (Å²) in [6.45, 7) is 1.27. The molecule has 0 aromatic carbocycles. The zero-order chi connectivity index (χ0) is 14.7. The second-order valence-electron chi connectivity index (χ2n) is 4.34. The summed E-state index contributed by atoms with van der Waals surface area (Å²) in [6, 6.07) is 8.37. The van der Waals surface area contributed by atoms with Crippen LogP contribution >= 0.6 is 22.7 Å². The van der Waals surface area contributed by atoms with Crippen molar-refractivity contribution in [2.24, 2.45) is 0 Å². The largest absolute Gasteiger partial charge is 0.476 e. The predicted molar refractivity (Wildman–Crippen MR) is 82.0 cm³/mol. The number of aromatic nitrogens is 1. The van der Waals surface area contributed by atoms with E-state index in [1.807, 2.05) is 39.9 Å². The van der Waals surface area contributed by atoms with Gasteiger partial charge in [-0.15, -0.1) is 22.7 Å². The van der Waals surface area contributed by atoms with Crippen LogP contribution in [0.1, 0.15) is 20.2 Å². The summed E-state index contributed by atoms with van der Waals surface area (Å²) in [5.41, 5.74) is -0.0765. The summed E-state index contributed by atoms with van der Waals surface area (Å²) in [7, 11) is 0. The number of thiophene rings is 2. The van der Waals surface area contributed by atoms with Crippen molar-refractivity contribution in [1.82, 2.24) is 4.98 Å². The van der Waals surface area contributed by atoms with Crippen LogP contribution in [0.5, 0.6) is 0 Å². The van der Waals surface area contributed by atoms with Crippen molar-refractivity contribution in [1.29, 1.82) is 0 Å². The molecule has 108 valence electrons. The first-order valence-corrected chi connectivity index (χ1v) is 7.97. The molecule has 0 unspecified atom stereocenters. The van der Waals surface area contributed by atoms with Crippen molar-refractivity contribution in [3.05, 3.63) is 56.7 Å². The van der Waals surface area contributed by atoms with Crippen LogP contribution in [0.15, 0.2) is 45.7 Å². The van der Waals surface area contributed by atoms with Gasteiger partial charge in [0.05, 0.1) is 13.1 Å². The quantitative estimate of drug-likeness (QED) is 0.750. The molecule has 0 bridgehead atoms. The Bertz CT molecular complexity index is 668. The molecule has 0 aliphatic heterocycles. The molecule has 1 N–H and O–H groups in total. The van der Waals surface area contributed by atoms with E-state index in [0.717, 1.165) is 0 Å². The summed E-state index contributed by atoms with van der Waals surface area (Å²) in [5, 5.41) is 13.0. The van der Waals surface area contributed by atoms with Gasteiger partial charge in [0.2, 0.25) is 0 Å². The zero-order valence-electron chi connectivity index (χ0n) is 10.9. The molecule has 0 fully saturated rings. The molecule has 3 aromatic rings. The Hall–Kier alpha value is -2.12. The van der Waals surface area contributed by atoms with Crippen LogP contribution in [0.3, 0.4) is 0 Å². The number of nitrogens with zero attached hydrogens (tertiary/aromatic N) is 2. The van der Waals surface area contributed by atoms with Gasteiger partial charge < -0.3 is 14.4 Å². The van der Waals surface area contributed by atoms with E-state index in [-0.39, 0.29) is 5.69 Å². The van der Waals surface area contributed by atoms with E-state index in [1.54, 1.807) is 22.7 Å². The smallest absolute Gasteiger partial charge is 0.357 e. The Labute approximate surface area is 129 Å². The van der Waals surface area contributed by atoms with Crippen molar-refractivity contribution in [3.63, 3.8) is 0 Å². The van der Waals surface area contributed by atoms with Crippen LogP contribution in [0, 0.1) is 0 Å². The van der Waals surface area contributed by atoms with Crippen LogP contribution in [0.4, 0.5) is 6.01 Å². The number of hydrogen-bond donors (Lipinski definition) is 1. The Balaban J connectivity index is 1.84. The van der Waals surface area contributed by atoms with Gasteiger partial charge in [-0.2, -0.15) is 4.98 Å². The summed E-state index contributed by atoms with van der Waals surface area (Å²) in [5.74, 6) is -1.09. The second kappa shape index (κ2) is 6.11. The highest BCUT2D eigenvalue weighted by Gasteiger charge is 2.18. The number of rotatable bonds is 6. The highest BCUT2D eigenvalue weighted by molar-refractivity contribution is 7.10. The Morgan fingerprint density at radius 3 is 2.24 bits per heavy atom. The Kier molecular flexibility index (Phi) is 4.03. The molecule has 3 rings (SSSR count). The first kappa shape index (κ1) is 13.8. The van der Waals surface area contributed by atoms with E-state index in [4.69, 9.17) is 9.52 Å². The number of aromatic carboxylic acids is 1. The molecule has 5 nitrogen and oxygen atoms in total. The molecule has 0 amide bonds. The molecule has 0 saturated heterocycles. The Morgan fingerprint density at radius 1 is 1.19 bits per heavy atom. The normalized spacial score (nSPS) is 10.7. The molecular weight excluding hydrogens is 308 g/mol. The fourth-order valence-electron chi connectivity index (χ4n) is 1.88. The second-order valence-corrected chi connectivity index (χ2v) is 6.40. The molecule has 0 saturated carbocycles. The summed E-state index contributed by atoms with van der Waals surface area (Å²) >= 11 is 3.30. The van der Waals surface area contributed by atoms with Crippen LogP contribution in [0.2, 0.25) is 0 Å². The predicted octanol–water partition coefficient (Wildman–Crippen LogP) is 3.70. The number of carboxylic acids is 1. The van der Waals surface area contributed by atoms with Gasteiger partial charge in [0.25, 0.3) is 6.01 Å². The molecule has 3 aromatic heterocycles. The maximum absolute atomic E-state index is 10.9. The third-order valence-corrected chi connectivity index (χ3v) is 4.56. The monoisotopic (exact) mass is 320 g/mol. The molecular formula is C14H12N2O3S2. The maximum Gasteiger partial charge on any atom is 0.357 e. The highest BCUT2D eigenvalue weighted by atomic mass is 32.1. The zero-order valence-corrected chi connectivity index (χ0v) is 12.6. The number of carbonyl (C=O) groups is 1. The summed E-state index contributed by atoms with van der Waals surface area (Å²) in [4.78, 5) is 19.2. The lowest BCUT2D eigenvalue weighted by atomic mass is 10.4. The van der Waals surface area contributed by atoms with Gasteiger partial charge in [0.1, 0.15) is 6.26 Å². The van der Waals surface area contributed by atoms with E-state index in [0.29, 0.717) is 19.1 Å². The maximum atomic E-state index is 10.9. The van der Waals surface area contributed by atoms with Crippen LogP contribution in [-0.2, 0) is 13.1 Å². The van der Waals surface area contributed by atoms with Gasteiger partial charge in [-0.3, -0.25) is 0 Å². The van der Waals surface area contributed by atoms with Crippen molar-refractivity contribution < 1.29 is 14.3 Å². The van der Waals surface area contributed by atoms with Gasteiger partial charge in [0.15, 0.2) is 5.69 Å². The Morgan fingerprint density at radius 2 is 1.81 bits per heavy atom. The van der Waals surface area contributed by atoms with Crippen molar-refractivity contribution in [3.8, 4) is 0 Å². The van der Waals surface area contributed by atoms with Crippen molar-refractivity contribution in [2.75, 3.05) is 4.90 Å². The van der Waals surface area contributed by atoms with Crippen LogP contribution in [0.25, 0.3) is 0 Å². The van der Waals surface area contributed by atoms with Crippen LogP contribution < -0.4 is 4.90 Å². The van der Waals surface area contributed by atoms with Crippen molar-refractivity contribution >= 4 is 34.7 Å². The molecule has 0 spiro atoms. The first-order valence-electron chi connectivity index (χ1n) is 6.21. The lowest BCUT2D eigenvalue weighted by Gasteiger charge is -2.18. The number of oxazole rings is 1. The minimum absolute atomic E-state index is 0.0765.